The van der Waals surface area contributed by atoms with E-state index in [0.717, 1.165) is 0 Å². The van der Waals surface area contributed by atoms with Crippen LogP contribution in [-0.4, -0.2) is 26.9 Å². The van der Waals surface area contributed by atoms with Crippen LogP contribution in [0.2, 0.25) is 5.02 Å². The third-order valence-electron chi connectivity index (χ3n) is 3.51. The van der Waals surface area contributed by atoms with Crippen LogP contribution in [0.5, 0.6) is 0 Å². The van der Waals surface area contributed by atoms with Crippen molar-refractivity contribution in [2.75, 3.05) is 6.61 Å². The largest absolute Gasteiger partial charge is 0.452 e. The summed E-state index contributed by atoms with van der Waals surface area (Å²) in [4.78, 5) is 23.8. The minimum atomic E-state index is -3.77. The number of halogens is 1. The fraction of sp³-hybridized carbons (Fsp3) is 0.176. The number of sulfonamides is 1. The second kappa shape index (κ2) is 8.31. The summed E-state index contributed by atoms with van der Waals surface area (Å²) < 4.78 is 27.4. The number of esters is 1. The molecule has 0 unspecified atom stereocenters. The Balaban J connectivity index is 1.91. The number of benzene rings is 2. The number of amides is 1. The monoisotopic (exact) mass is 396 g/mol. The molecule has 0 aliphatic heterocycles. The Morgan fingerprint density at radius 3 is 2.35 bits per heavy atom. The van der Waals surface area contributed by atoms with Gasteiger partial charge in [-0.3, -0.25) is 4.79 Å². The van der Waals surface area contributed by atoms with Gasteiger partial charge >= 0.3 is 5.97 Å². The zero-order valence-corrected chi connectivity index (χ0v) is 15.4. The van der Waals surface area contributed by atoms with Gasteiger partial charge in [0, 0.05) is 0 Å². The van der Waals surface area contributed by atoms with Gasteiger partial charge in [0.2, 0.25) is 10.0 Å². The van der Waals surface area contributed by atoms with Crippen molar-refractivity contribution in [2.45, 2.75) is 17.9 Å². The molecule has 0 radical (unpaired) electrons. The Morgan fingerprint density at radius 2 is 1.77 bits per heavy atom. The van der Waals surface area contributed by atoms with E-state index in [-0.39, 0.29) is 15.5 Å². The number of hydrogen-bond acceptors (Lipinski definition) is 5. The van der Waals surface area contributed by atoms with Gasteiger partial charge in [0.1, 0.15) is 0 Å². The summed E-state index contributed by atoms with van der Waals surface area (Å²) in [5.41, 5.74) is 0.844. The lowest BCUT2D eigenvalue weighted by molar-refractivity contribution is -0.124. The standard InChI is InChI=1S/C17H17ClN2O5S/c1-11(12-6-8-13(9-7-12)26(19,23)24)20-16(21)10-25-17(22)14-4-2-3-5-15(14)18/h2-9,11H,10H2,1H3,(H,20,21)(H2,19,23,24)/t11-/m1/s1. The molecule has 0 spiro atoms. The SMILES string of the molecule is C[C@@H](NC(=O)COC(=O)c1ccccc1Cl)c1ccc(S(N)(=O)=O)cc1. The third kappa shape index (κ3) is 5.29. The molecule has 0 aliphatic rings. The molecule has 26 heavy (non-hydrogen) atoms. The molecular formula is C17H17ClN2O5S. The number of ether oxygens (including phenoxy) is 1. The molecule has 138 valence electrons. The predicted octanol–water partition coefficient (Wildman–Crippen LogP) is 2.02. The molecule has 9 heteroatoms. The van der Waals surface area contributed by atoms with E-state index in [1.54, 1.807) is 37.3 Å². The molecule has 0 fully saturated rings. The van der Waals surface area contributed by atoms with Gasteiger partial charge in [0.15, 0.2) is 6.61 Å². The van der Waals surface area contributed by atoms with E-state index < -0.39 is 34.5 Å². The highest BCUT2D eigenvalue weighted by Crippen LogP contribution is 2.17. The minimum absolute atomic E-state index is 0.0200. The van der Waals surface area contributed by atoms with Crippen LogP contribution in [0, 0.1) is 0 Å². The van der Waals surface area contributed by atoms with E-state index in [2.05, 4.69) is 5.32 Å². The first-order valence-corrected chi connectivity index (χ1v) is 9.44. The second-order valence-electron chi connectivity index (χ2n) is 5.46. The van der Waals surface area contributed by atoms with Crippen molar-refractivity contribution in [2.24, 2.45) is 5.14 Å². The summed E-state index contributed by atoms with van der Waals surface area (Å²) >= 11 is 5.89. The average molecular weight is 397 g/mol. The number of nitrogens with one attached hydrogen (secondary N) is 1. The number of primary sulfonamides is 1. The van der Waals surface area contributed by atoms with Crippen LogP contribution in [0.4, 0.5) is 0 Å². The fourth-order valence-electron chi connectivity index (χ4n) is 2.15. The van der Waals surface area contributed by atoms with Crippen LogP contribution in [0.15, 0.2) is 53.4 Å². The van der Waals surface area contributed by atoms with E-state index in [4.69, 9.17) is 21.5 Å². The zero-order chi connectivity index (χ0) is 19.3. The van der Waals surface area contributed by atoms with Crippen molar-refractivity contribution in [3.63, 3.8) is 0 Å². The van der Waals surface area contributed by atoms with E-state index in [0.29, 0.717) is 5.56 Å². The average Bonchev–Trinajstić information content (AvgIpc) is 2.59. The Hall–Kier alpha value is -2.42. The van der Waals surface area contributed by atoms with E-state index in [1.807, 2.05) is 0 Å². The van der Waals surface area contributed by atoms with Gasteiger partial charge < -0.3 is 10.1 Å². The molecule has 0 saturated heterocycles. The van der Waals surface area contributed by atoms with Crippen molar-refractivity contribution in [1.29, 1.82) is 0 Å². The van der Waals surface area contributed by atoms with E-state index in [9.17, 15) is 18.0 Å². The van der Waals surface area contributed by atoms with Crippen molar-refractivity contribution in [3.8, 4) is 0 Å². The molecule has 7 nitrogen and oxygen atoms in total. The first-order valence-electron chi connectivity index (χ1n) is 7.52. The highest BCUT2D eigenvalue weighted by Gasteiger charge is 2.15. The summed E-state index contributed by atoms with van der Waals surface area (Å²) in [6.45, 7) is 1.24. The van der Waals surface area contributed by atoms with Crippen LogP contribution >= 0.6 is 11.6 Å². The smallest absolute Gasteiger partial charge is 0.340 e. The molecule has 2 aromatic rings. The lowest BCUT2D eigenvalue weighted by atomic mass is 10.1. The first-order chi connectivity index (χ1) is 12.2. The van der Waals surface area contributed by atoms with E-state index in [1.165, 1.54) is 18.2 Å². The maximum absolute atomic E-state index is 11.9. The zero-order valence-electron chi connectivity index (χ0n) is 13.8. The quantitative estimate of drug-likeness (QED) is 0.724. The highest BCUT2D eigenvalue weighted by atomic mass is 35.5. The number of carbonyl (C=O) groups is 2. The van der Waals surface area contributed by atoms with Crippen LogP contribution < -0.4 is 10.5 Å². The summed E-state index contributed by atoms with van der Waals surface area (Å²) in [7, 11) is -3.77. The Labute approximate surface area is 156 Å². The summed E-state index contributed by atoms with van der Waals surface area (Å²) in [5.74, 6) is -1.20. The van der Waals surface area contributed by atoms with Gasteiger partial charge in [0.25, 0.3) is 5.91 Å². The highest BCUT2D eigenvalue weighted by molar-refractivity contribution is 7.89. The molecule has 0 heterocycles. The molecule has 0 bridgehead atoms. The van der Waals surface area contributed by atoms with Crippen LogP contribution in [-0.2, 0) is 19.6 Å². The fourth-order valence-corrected chi connectivity index (χ4v) is 2.88. The van der Waals surface area contributed by atoms with Crippen molar-refractivity contribution >= 4 is 33.5 Å². The molecule has 0 saturated carbocycles. The molecule has 0 aliphatic carbocycles. The number of hydrogen-bond donors (Lipinski definition) is 2. The van der Waals surface area contributed by atoms with Crippen LogP contribution in [0.25, 0.3) is 0 Å². The molecule has 2 rings (SSSR count). The molecule has 3 N–H and O–H groups in total. The van der Waals surface area contributed by atoms with Gasteiger partial charge in [0.05, 0.1) is 21.5 Å². The van der Waals surface area contributed by atoms with E-state index >= 15 is 0 Å². The van der Waals surface area contributed by atoms with Crippen LogP contribution in [0.3, 0.4) is 0 Å². The predicted molar refractivity (Wildman–Crippen MR) is 96.1 cm³/mol. The molecular weight excluding hydrogens is 380 g/mol. The van der Waals surface area contributed by atoms with Gasteiger partial charge in [-0.2, -0.15) is 0 Å². The number of nitrogens with two attached hydrogens (primary N) is 1. The maximum atomic E-state index is 11.9. The third-order valence-corrected chi connectivity index (χ3v) is 4.77. The Morgan fingerprint density at radius 1 is 1.15 bits per heavy atom. The topological polar surface area (TPSA) is 116 Å². The minimum Gasteiger partial charge on any atom is -0.452 e. The van der Waals surface area contributed by atoms with Gasteiger partial charge in [-0.25, -0.2) is 18.4 Å². The van der Waals surface area contributed by atoms with Gasteiger partial charge in [-0.15, -0.1) is 0 Å². The van der Waals surface area contributed by atoms with Crippen molar-refractivity contribution < 1.29 is 22.7 Å². The van der Waals surface area contributed by atoms with Crippen molar-refractivity contribution in [1.82, 2.24) is 5.32 Å². The molecule has 2 aromatic carbocycles. The normalized spacial score (nSPS) is 12.3. The molecule has 0 aromatic heterocycles. The second-order valence-corrected chi connectivity index (χ2v) is 7.43. The van der Waals surface area contributed by atoms with Crippen LogP contribution in [0.1, 0.15) is 28.9 Å². The van der Waals surface area contributed by atoms with Gasteiger partial charge in [-0.05, 0) is 36.8 Å². The summed E-state index contributed by atoms with van der Waals surface area (Å²) in [6, 6.07) is 11.7. The first kappa shape index (κ1) is 19.9. The maximum Gasteiger partial charge on any atom is 0.340 e. The lowest BCUT2D eigenvalue weighted by Gasteiger charge is -2.15. The Bertz CT molecular complexity index is 913. The number of carbonyl (C=O) groups excluding carboxylic acids is 2. The number of rotatable bonds is 6. The molecule has 1 atom stereocenters. The summed E-state index contributed by atoms with van der Waals surface area (Å²) in [6.07, 6.45) is 0. The Kier molecular flexibility index (Phi) is 6.36. The van der Waals surface area contributed by atoms with Crippen molar-refractivity contribution in [3.05, 3.63) is 64.7 Å². The van der Waals surface area contributed by atoms with Gasteiger partial charge in [-0.1, -0.05) is 35.9 Å². The summed E-state index contributed by atoms with van der Waals surface area (Å²) in [5, 5.41) is 7.92. The lowest BCUT2D eigenvalue weighted by Crippen LogP contribution is -2.31. The molecule has 1 amide bonds.